The van der Waals surface area contributed by atoms with Crippen LogP contribution in [0.3, 0.4) is 0 Å². The van der Waals surface area contributed by atoms with Crippen molar-refractivity contribution in [3.8, 4) is 17.0 Å². The van der Waals surface area contributed by atoms with E-state index in [-0.39, 0.29) is 17.4 Å². The van der Waals surface area contributed by atoms with Crippen LogP contribution in [-0.4, -0.2) is 23.5 Å². The average molecular weight is 324 g/mol. The SMILES string of the molecule is Cc1ccc(-c2ccc3c(c2)C[C@H](CNC(=O)C(C)(C)C)O3)nc1. The molecule has 3 rings (SSSR count). The normalized spacial score (nSPS) is 16.4. The average Bonchev–Trinajstić information content (AvgIpc) is 2.94. The first-order chi connectivity index (χ1) is 11.3. The van der Waals surface area contributed by atoms with Gasteiger partial charge in [0.05, 0.1) is 12.2 Å². The Kier molecular flexibility index (Phi) is 4.31. The van der Waals surface area contributed by atoms with Gasteiger partial charge in [-0.2, -0.15) is 0 Å². The molecule has 1 aliphatic heterocycles. The van der Waals surface area contributed by atoms with Crippen molar-refractivity contribution in [2.24, 2.45) is 5.41 Å². The second-order valence-electron chi connectivity index (χ2n) is 7.45. The van der Waals surface area contributed by atoms with Crippen LogP contribution in [0.2, 0.25) is 0 Å². The minimum absolute atomic E-state index is 0.00692. The van der Waals surface area contributed by atoms with Crippen molar-refractivity contribution in [2.45, 2.75) is 40.2 Å². The Hall–Kier alpha value is -2.36. The molecule has 0 radical (unpaired) electrons. The van der Waals surface area contributed by atoms with Crippen LogP contribution < -0.4 is 10.1 Å². The molecule has 1 aliphatic rings. The second-order valence-corrected chi connectivity index (χ2v) is 7.45. The molecule has 0 saturated heterocycles. The summed E-state index contributed by atoms with van der Waals surface area (Å²) in [5, 5.41) is 2.98. The van der Waals surface area contributed by atoms with Gasteiger partial charge in [0, 0.05) is 23.6 Å². The molecule has 0 saturated carbocycles. The molecule has 1 aromatic heterocycles. The zero-order valence-corrected chi connectivity index (χ0v) is 14.7. The molecule has 0 aliphatic carbocycles. The molecule has 1 amide bonds. The van der Waals surface area contributed by atoms with Crippen LogP contribution in [-0.2, 0) is 11.2 Å². The third kappa shape index (κ3) is 3.58. The quantitative estimate of drug-likeness (QED) is 0.940. The maximum absolute atomic E-state index is 12.0. The second kappa shape index (κ2) is 6.27. The van der Waals surface area contributed by atoms with Gasteiger partial charge in [-0.25, -0.2) is 0 Å². The highest BCUT2D eigenvalue weighted by Gasteiger charge is 2.26. The number of fused-ring (bicyclic) bond motifs is 1. The van der Waals surface area contributed by atoms with Gasteiger partial charge >= 0.3 is 0 Å². The Morgan fingerprint density at radius 1 is 1.29 bits per heavy atom. The number of ether oxygens (including phenoxy) is 1. The molecule has 0 spiro atoms. The van der Waals surface area contributed by atoms with Gasteiger partial charge in [0.2, 0.25) is 5.91 Å². The lowest BCUT2D eigenvalue weighted by molar-refractivity contribution is -0.128. The smallest absolute Gasteiger partial charge is 0.225 e. The third-order valence-corrected chi connectivity index (χ3v) is 4.18. The van der Waals surface area contributed by atoms with E-state index in [0.717, 1.165) is 29.0 Å². The van der Waals surface area contributed by atoms with Crippen LogP contribution >= 0.6 is 0 Å². The topological polar surface area (TPSA) is 51.2 Å². The van der Waals surface area contributed by atoms with Gasteiger partial charge in [0.1, 0.15) is 11.9 Å². The van der Waals surface area contributed by atoms with Crippen LogP contribution in [0.5, 0.6) is 5.75 Å². The van der Waals surface area contributed by atoms with Crippen molar-refractivity contribution in [3.05, 3.63) is 47.7 Å². The van der Waals surface area contributed by atoms with E-state index in [4.69, 9.17) is 4.74 Å². The van der Waals surface area contributed by atoms with E-state index in [9.17, 15) is 4.79 Å². The van der Waals surface area contributed by atoms with Crippen LogP contribution in [0.1, 0.15) is 31.9 Å². The Morgan fingerprint density at radius 3 is 2.75 bits per heavy atom. The lowest BCUT2D eigenvalue weighted by atomic mass is 9.95. The maximum atomic E-state index is 12.0. The number of nitrogens with one attached hydrogen (secondary N) is 1. The summed E-state index contributed by atoms with van der Waals surface area (Å²) in [6.07, 6.45) is 2.68. The maximum Gasteiger partial charge on any atom is 0.225 e. The van der Waals surface area contributed by atoms with Crippen molar-refractivity contribution >= 4 is 5.91 Å². The molecule has 1 N–H and O–H groups in total. The van der Waals surface area contributed by atoms with Crippen molar-refractivity contribution < 1.29 is 9.53 Å². The van der Waals surface area contributed by atoms with Gasteiger partial charge in [0.15, 0.2) is 0 Å². The molecule has 0 unspecified atom stereocenters. The molecule has 1 atom stereocenters. The third-order valence-electron chi connectivity index (χ3n) is 4.18. The Balaban J connectivity index is 1.67. The number of carbonyl (C=O) groups excluding carboxylic acids is 1. The fraction of sp³-hybridized carbons (Fsp3) is 0.400. The summed E-state index contributed by atoms with van der Waals surface area (Å²) in [5.74, 6) is 0.951. The lowest BCUT2D eigenvalue weighted by Gasteiger charge is -2.19. The summed E-state index contributed by atoms with van der Waals surface area (Å²) in [4.78, 5) is 16.5. The van der Waals surface area contributed by atoms with E-state index < -0.39 is 0 Å². The van der Waals surface area contributed by atoms with Crippen molar-refractivity contribution in [1.29, 1.82) is 0 Å². The first kappa shape index (κ1) is 16.5. The van der Waals surface area contributed by atoms with E-state index in [1.165, 1.54) is 5.56 Å². The number of carbonyl (C=O) groups is 1. The van der Waals surface area contributed by atoms with E-state index >= 15 is 0 Å². The number of aromatic nitrogens is 1. The standard InChI is InChI=1S/C20H24N2O2/c1-13-5-7-17(21-11-13)14-6-8-18-15(9-14)10-16(24-18)12-22-19(23)20(2,3)4/h5-9,11,16H,10,12H2,1-4H3,(H,22,23)/t16-/m1/s1. The number of pyridine rings is 1. The van der Waals surface area contributed by atoms with Gasteiger partial charge in [-0.05, 0) is 42.3 Å². The zero-order chi connectivity index (χ0) is 17.3. The number of hydrogen-bond donors (Lipinski definition) is 1. The summed E-state index contributed by atoms with van der Waals surface area (Å²) >= 11 is 0. The molecule has 4 heteroatoms. The molecule has 126 valence electrons. The number of amides is 1. The minimum atomic E-state index is -0.379. The molecule has 0 fully saturated rings. The van der Waals surface area contributed by atoms with E-state index in [2.05, 4.69) is 22.4 Å². The molecular weight excluding hydrogens is 300 g/mol. The molecule has 1 aromatic carbocycles. The molecule has 2 heterocycles. The summed E-state index contributed by atoms with van der Waals surface area (Å²) in [6, 6.07) is 10.3. The molecule has 2 aromatic rings. The highest BCUT2D eigenvalue weighted by Crippen LogP contribution is 2.32. The fourth-order valence-corrected chi connectivity index (χ4v) is 2.70. The van der Waals surface area contributed by atoms with Crippen LogP contribution in [0.4, 0.5) is 0 Å². The molecular formula is C20H24N2O2. The van der Waals surface area contributed by atoms with E-state index in [1.807, 2.05) is 52.1 Å². The van der Waals surface area contributed by atoms with Crippen molar-refractivity contribution in [3.63, 3.8) is 0 Å². The van der Waals surface area contributed by atoms with Gasteiger partial charge in [0.25, 0.3) is 0 Å². The first-order valence-corrected chi connectivity index (χ1v) is 8.34. The molecule has 24 heavy (non-hydrogen) atoms. The van der Waals surface area contributed by atoms with Crippen LogP contribution in [0, 0.1) is 12.3 Å². The van der Waals surface area contributed by atoms with Crippen molar-refractivity contribution in [2.75, 3.05) is 6.54 Å². The van der Waals surface area contributed by atoms with Gasteiger partial charge in [-0.15, -0.1) is 0 Å². The van der Waals surface area contributed by atoms with Gasteiger partial charge in [-0.1, -0.05) is 26.8 Å². The lowest BCUT2D eigenvalue weighted by Crippen LogP contribution is -2.40. The Labute approximate surface area is 143 Å². The van der Waals surface area contributed by atoms with Crippen LogP contribution in [0.15, 0.2) is 36.5 Å². The number of benzene rings is 1. The first-order valence-electron chi connectivity index (χ1n) is 8.34. The zero-order valence-electron chi connectivity index (χ0n) is 14.7. The summed E-state index contributed by atoms with van der Waals surface area (Å²) < 4.78 is 5.94. The summed E-state index contributed by atoms with van der Waals surface area (Å²) in [7, 11) is 0. The van der Waals surface area contributed by atoms with E-state index in [1.54, 1.807) is 0 Å². The highest BCUT2D eigenvalue weighted by atomic mass is 16.5. The predicted molar refractivity (Wildman–Crippen MR) is 95.0 cm³/mol. The predicted octanol–water partition coefficient (Wildman–Crippen LogP) is 3.52. The van der Waals surface area contributed by atoms with Gasteiger partial charge in [-0.3, -0.25) is 9.78 Å². The molecule has 0 bridgehead atoms. The highest BCUT2D eigenvalue weighted by molar-refractivity contribution is 5.81. The largest absolute Gasteiger partial charge is 0.488 e. The van der Waals surface area contributed by atoms with Crippen molar-refractivity contribution in [1.82, 2.24) is 10.3 Å². The fourth-order valence-electron chi connectivity index (χ4n) is 2.70. The Bertz CT molecular complexity index is 745. The monoisotopic (exact) mass is 324 g/mol. The Morgan fingerprint density at radius 2 is 2.08 bits per heavy atom. The number of aryl methyl sites for hydroxylation is 1. The van der Waals surface area contributed by atoms with E-state index in [0.29, 0.717) is 6.54 Å². The summed E-state index contributed by atoms with van der Waals surface area (Å²) in [6.45, 7) is 8.29. The number of rotatable bonds is 3. The van der Waals surface area contributed by atoms with Gasteiger partial charge < -0.3 is 10.1 Å². The van der Waals surface area contributed by atoms with Crippen LogP contribution in [0.25, 0.3) is 11.3 Å². The number of nitrogens with zero attached hydrogens (tertiary/aromatic N) is 1. The minimum Gasteiger partial charge on any atom is -0.488 e. The molecule has 4 nitrogen and oxygen atoms in total. The summed E-state index contributed by atoms with van der Waals surface area (Å²) in [5.41, 5.74) is 4.00. The number of hydrogen-bond acceptors (Lipinski definition) is 3.